The Morgan fingerprint density at radius 2 is 1.84 bits per heavy atom. The molecule has 2 aromatic carbocycles. The summed E-state index contributed by atoms with van der Waals surface area (Å²) in [4.78, 5) is 16.1. The van der Waals surface area contributed by atoms with Crippen LogP contribution in [0.1, 0.15) is 0 Å². The van der Waals surface area contributed by atoms with Crippen molar-refractivity contribution in [3.05, 3.63) is 57.4 Å². The van der Waals surface area contributed by atoms with Gasteiger partial charge in [-0.3, -0.25) is 0 Å². The fourth-order valence-electron chi connectivity index (χ4n) is 1.78. The first-order valence-corrected chi connectivity index (χ1v) is 6.32. The molecule has 3 aromatic rings. The maximum Gasteiger partial charge on any atom is 0.347 e. The SMILES string of the molecule is O=c1oc(-c2ccc(Br)cc2)nc2ccc(O)cc12. The van der Waals surface area contributed by atoms with Crippen LogP contribution in [-0.4, -0.2) is 10.1 Å². The van der Waals surface area contributed by atoms with Crippen molar-refractivity contribution in [3.63, 3.8) is 0 Å². The van der Waals surface area contributed by atoms with Crippen LogP contribution >= 0.6 is 15.9 Å². The molecule has 0 bridgehead atoms. The summed E-state index contributed by atoms with van der Waals surface area (Å²) in [6.45, 7) is 0. The summed E-state index contributed by atoms with van der Waals surface area (Å²) < 4.78 is 6.11. The van der Waals surface area contributed by atoms with E-state index in [1.807, 2.05) is 24.3 Å². The second-order valence-corrected chi connectivity index (χ2v) is 4.93. The number of aromatic nitrogens is 1. The van der Waals surface area contributed by atoms with Crippen molar-refractivity contribution in [2.45, 2.75) is 0 Å². The maximum absolute atomic E-state index is 11.9. The molecular weight excluding hydrogens is 310 g/mol. The second kappa shape index (κ2) is 4.51. The van der Waals surface area contributed by atoms with E-state index >= 15 is 0 Å². The predicted octanol–water partition coefficient (Wildman–Crippen LogP) is 3.32. The minimum Gasteiger partial charge on any atom is -0.508 e. The van der Waals surface area contributed by atoms with Gasteiger partial charge in [0.2, 0.25) is 5.89 Å². The van der Waals surface area contributed by atoms with E-state index in [1.54, 1.807) is 6.07 Å². The summed E-state index contributed by atoms with van der Waals surface area (Å²) in [5, 5.41) is 9.62. The highest BCUT2D eigenvalue weighted by Crippen LogP contribution is 2.22. The highest BCUT2D eigenvalue weighted by atomic mass is 79.9. The molecule has 1 aromatic heterocycles. The summed E-state index contributed by atoms with van der Waals surface area (Å²) in [5.41, 5.74) is 0.695. The first-order chi connectivity index (χ1) is 9.13. The minimum atomic E-state index is -0.515. The second-order valence-electron chi connectivity index (χ2n) is 4.01. The first-order valence-electron chi connectivity index (χ1n) is 5.53. The van der Waals surface area contributed by atoms with Gasteiger partial charge in [-0.2, -0.15) is 0 Å². The molecule has 0 radical (unpaired) electrons. The van der Waals surface area contributed by atoms with Gasteiger partial charge in [-0.15, -0.1) is 0 Å². The lowest BCUT2D eigenvalue weighted by atomic mass is 10.2. The zero-order valence-corrected chi connectivity index (χ0v) is 11.2. The number of phenols is 1. The average Bonchev–Trinajstić information content (AvgIpc) is 2.40. The molecule has 1 heterocycles. The van der Waals surface area contributed by atoms with E-state index in [0.717, 1.165) is 10.0 Å². The van der Waals surface area contributed by atoms with Crippen LogP contribution < -0.4 is 5.63 Å². The van der Waals surface area contributed by atoms with E-state index in [-0.39, 0.29) is 17.0 Å². The third kappa shape index (κ3) is 2.24. The Labute approximate surface area is 116 Å². The third-order valence-corrected chi connectivity index (χ3v) is 3.23. The molecule has 94 valence electrons. The van der Waals surface area contributed by atoms with Crippen LogP contribution in [0.2, 0.25) is 0 Å². The van der Waals surface area contributed by atoms with Crippen molar-refractivity contribution >= 4 is 26.8 Å². The van der Waals surface area contributed by atoms with Gasteiger partial charge in [0.15, 0.2) is 0 Å². The highest BCUT2D eigenvalue weighted by Gasteiger charge is 2.08. The summed E-state index contributed by atoms with van der Waals surface area (Å²) in [7, 11) is 0. The lowest BCUT2D eigenvalue weighted by Crippen LogP contribution is -2.02. The molecule has 0 unspecified atom stereocenters. The van der Waals surface area contributed by atoms with Crippen molar-refractivity contribution in [2.75, 3.05) is 0 Å². The Morgan fingerprint density at radius 3 is 2.58 bits per heavy atom. The Balaban J connectivity index is 2.24. The Kier molecular flexibility index (Phi) is 2.83. The van der Waals surface area contributed by atoms with E-state index in [1.165, 1.54) is 12.1 Å². The molecule has 5 heteroatoms. The molecule has 0 aliphatic heterocycles. The standard InChI is InChI=1S/C14H8BrNO3/c15-9-3-1-8(2-4-9)13-16-12-6-5-10(17)7-11(12)14(18)19-13/h1-7,17H. The lowest BCUT2D eigenvalue weighted by molar-refractivity contribution is 0.474. The molecule has 4 nitrogen and oxygen atoms in total. The van der Waals surface area contributed by atoms with Gasteiger partial charge in [0.1, 0.15) is 5.75 Å². The molecule has 0 amide bonds. The fraction of sp³-hybridized carbons (Fsp3) is 0. The molecule has 0 fully saturated rings. The number of hydrogen-bond acceptors (Lipinski definition) is 4. The summed E-state index contributed by atoms with van der Waals surface area (Å²) in [5.74, 6) is 0.272. The van der Waals surface area contributed by atoms with Crippen LogP contribution in [0.15, 0.2) is 56.1 Å². The summed E-state index contributed by atoms with van der Waals surface area (Å²) >= 11 is 3.34. The van der Waals surface area contributed by atoms with Crippen LogP contribution in [0, 0.1) is 0 Å². The zero-order chi connectivity index (χ0) is 13.4. The molecule has 3 rings (SSSR count). The van der Waals surface area contributed by atoms with E-state index in [4.69, 9.17) is 4.42 Å². The van der Waals surface area contributed by atoms with E-state index in [9.17, 15) is 9.90 Å². The largest absolute Gasteiger partial charge is 0.508 e. The number of nitrogens with zero attached hydrogens (tertiary/aromatic N) is 1. The maximum atomic E-state index is 11.9. The number of aromatic hydroxyl groups is 1. The number of phenolic OH excluding ortho intramolecular Hbond substituents is 1. The summed E-state index contributed by atoms with van der Waals surface area (Å²) in [6, 6.07) is 11.7. The lowest BCUT2D eigenvalue weighted by Gasteiger charge is -2.02. The van der Waals surface area contributed by atoms with Gasteiger partial charge >= 0.3 is 5.63 Å². The minimum absolute atomic E-state index is 0.0120. The fourth-order valence-corrected chi connectivity index (χ4v) is 2.04. The number of halogens is 1. The number of benzene rings is 2. The molecular formula is C14H8BrNO3. The van der Waals surface area contributed by atoms with Gasteiger partial charge in [-0.25, -0.2) is 9.78 Å². The topological polar surface area (TPSA) is 63.3 Å². The van der Waals surface area contributed by atoms with Crippen molar-refractivity contribution in [1.29, 1.82) is 0 Å². The van der Waals surface area contributed by atoms with Gasteiger partial charge in [-0.1, -0.05) is 15.9 Å². The normalized spacial score (nSPS) is 10.8. The zero-order valence-electron chi connectivity index (χ0n) is 9.63. The molecule has 1 N–H and O–H groups in total. The van der Waals surface area contributed by atoms with Crippen LogP contribution in [0.25, 0.3) is 22.4 Å². The van der Waals surface area contributed by atoms with Gasteiger partial charge in [0.25, 0.3) is 0 Å². The molecule has 19 heavy (non-hydrogen) atoms. The highest BCUT2D eigenvalue weighted by molar-refractivity contribution is 9.10. The third-order valence-electron chi connectivity index (χ3n) is 2.70. The van der Waals surface area contributed by atoms with Crippen LogP contribution in [-0.2, 0) is 0 Å². The van der Waals surface area contributed by atoms with Gasteiger partial charge < -0.3 is 9.52 Å². The molecule has 0 atom stereocenters. The monoisotopic (exact) mass is 317 g/mol. The Bertz CT molecular complexity index is 809. The molecule has 0 saturated carbocycles. The van der Waals surface area contributed by atoms with Crippen LogP contribution in [0.4, 0.5) is 0 Å². The van der Waals surface area contributed by atoms with E-state index < -0.39 is 5.63 Å². The molecule has 0 saturated heterocycles. The Hall–Kier alpha value is -2.14. The van der Waals surface area contributed by atoms with Crippen molar-refractivity contribution < 1.29 is 9.52 Å². The number of rotatable bonds is 1. The van der Waals surface area contributed by atoms with Crippen LogP contribution in [0.3, 0.4) is 0 Å². The van der Waals surface area contributed by atoms with Crippen LogP contribution in [0.5, 0.6) is 5.75 Å². The van der Waals surface area contributed by atoms with Crippen molar-refractivity contribution in [1.82, 2.24) is 4.98 Å². The average molecular weight is 318 g/mol. The molecule has 0 spiro atoms. The molecule has 0 aliphatic carbocycles. The van der Waals surface area contributed by atoms with Gasteiger partial charge in [0, 0.05) is 10.0 Å². The van der Waals surface area contributed by atoms with E-state index in [2.05, 4.69) is 20.9 Å². The Morgan fingerprint density at radius 1 is 1.11 bits per heavy atom. The predicted molar refractivity (Wildman–Crippen MR) is 75.1 cm³/mol. The number of hydrogen-bond donors (Lipinski definition) is 1. The number of fused-ring (bicyclic) bond motifs is 1. The first kappa shape index (κ1) is 11.9. The quantitative estimate of drug-likeness (QED) is 0.747. The van der Waals surface area contributed by atoms with Gasteiger partial charge in [0.05, 0.1) is 10.9 Å². The van der Waals surface area contributed by atoms with Crippen molar-refractivity contribution in [2.24, 2.45) is 0 Å². The van der Waals surface area contributed by atoms with E-state index in [0.29, 0.717) is 5.52 Å². The van der Waals surface area contributed by atoms with Crippen molar-refractivity contribution in [3.8, 4) is 17.2 Å². The summed E-state index contributed by atoms with van der Waals surface area (Å²) in [6.07, 6.45) is 0. The smallest absolute Gasteiger partial charge is 0.347 e. The van der Waals surface area contributed by atoms with Gasteiger partial charge in [-0.05, 0) is 42.5 Å². The molecule has 0 aliphatic rings.